The summed E-state index contributed by atoms with van der Waals surface area (Å²) in [5, 5.41) is 13.2. The molecule has 0 fully saturated rings. The van der Waals surface area contributed by atoms with Crippen LogP contribution in [0.2, 0.25) is 0 Å². The molecular formula is C24H33N3O2. The molecule has 0 radical (unpaired) electrons. The van der Waals surface area contributed by atoms with Gasteiger partial charge in [0.1, 0.15) is 0 Å². The first-order valence-corrected chi connectivity index (χ1v) is 10.2. The number of carboxylic acids is 1. The molecule has 0 spiro atoms. The van der Waals surface area contributed by atoms with Gasteiger partial charge in [0, 0.05) is 23.8 Å². The van der Waals surface area contributed by atoms with E-state index >= 15 is 0 Å². The molecule has 0 bridgehead atoms. The molecule has 0 saturated heterocycles. The van der Waals surface area contributed by atoms with E-state index < -0.39 is 5.97 Å². The highest BCUT2D eigenvalue weighted by Gasteiger charge is 2.13. The van der Waals surface area contributed by atoms with Crippen LogP contribution in [0.15, 0.2) is 42.6 Å². The zero-order chi connectivity index (χ0) is 21.4. The van der Waals surface area contributed by atoms with E-state index in [9.17, 15) is 4.79 Å². The monoisotopic (exact) mass is 395 g/mol. The summed E-state index contributed by atoms with van der Waals surface area (Å²) < 4.78 is 0. The predicted octanol–water partition coefficient (Wildman–Crippen LogP) is 5.44. The number of unbranched alkanes of at least 4 members (excludes halogenated alkanes) is 1. The number of carboxylic acid groups (broad SMARTS) is 1. The van der Waals surface area contributed by atoms with Crippen molar-refractivity contribution in [3.63, 3.8) is 0 Å². The number of aromatic carboxylic acids is 1. The first kappa shape index (κ1) is 22.6. The van der Waals surface area contributed by atoms with E-state index in [1.807, 2.05) is 12.1 Å². The quantitative estimate of drug-likeness (QED) is 0.485. The zero-order valence-electron chi connectivity index (χ0n) is 18.2. The van der Waals surface area contributed by atoms with Gasteiger partial charge in [-0.1, -0.05) is 58.4 Å². The number of hydrogen-bond donors (Lipinski definition) is 3. The van der Waals surface area contributed by atoms with Crippen LogP contribution in [0.5, 0.6) is 0 Å². The Kier molecular flexibility index (Phi) is 7.97. The summed E-state index contributed by atoms with van der Waals surface area (Å²) in [6.45, 7) is 12.9. The van der Waals surface area contributed by atoms with Gasteiger partial charge in [0.05, 0.1) is 5.52 Å². The molecular weight excluding hydrogens is 362 g/mol. The van der Waals surface area contributed by atoms with Crippen molar-refractivity contribution >= 4 is 16.9 Å². The van der Waals surface area contributed by atoms with Crippen LogP contribution in [0, 0.1) is 6.92 Å². The molecule has 5 nitrogen and oxygen atoms in total. The number of aryl methyl sites for hydroxylation is 1. The minimum atomic E-state index is -1.00. The molecule has 0 unspecified atom stereocenters. The third kappa shape index (κ3) is 6.71. The molecule has 0 saturated carbocycles. The molecule has 0 aliphatic rings. The summed E-state index contributed by atoms with van der Waals surface area (Å²) in [4.78, 5) is 17.6. The van der Waals surface area contributed by atoms with Crippen LogP contribution in [0.1, 0.15) is 67.8 Å². The van der Waals surface area contributed by atoms with Crippen molar-refractivity contribution in [1.82, 2.24) is 15.3 Å². The number of H-pyrrole nitrogens is 1. The van der Waals surface area contributed by atoms with E-state index in [-0.39, 0.29) is 11.1 Å². The fourth-order valence-electron chi connectivity index (χ4n) is 3.01. The molecule has 2 heterocycles. The molecule has 5 heteroatoms. The number of nitrogens with zero attached hydrogens (tertiary/aromatic N) is 1. The van der Waals surface area contributed by atoms with E-state index in [1.54, 1.807) is 13.1 Å². The molecule has 2 aromatic heterocycles. The Morgan fingerprint density at radius 3 is 2.45 bits per heavy atom. The number of fused-ring (bicyclic) bond motifs is 1. The minimum absolute atomic E-state index is 0.0833. The van der Waals surface area contributed by atoms with Gasteiger partial charge in [0.25, 0.3) is 0 Å². The molecule has 0 aliphatic carbocycles. The molecule has 29 heavy (non-hydrogen) atoms. The van der Waals surface area contributed by atoms with Gasteiger partial charge in [0.15, 0.2) is 5.69 Å². The van der Waals surface area contributed by atoms with Gasteiger partial charge in [-0.05, 0) is 48.6 Å². The Hall–Kier alpha value is -2.66. The van der Waals surface area contributed by atoms with Crippen LogP contribution in [-0.4, -0.2) is 27.6 Å². The second-order valence-electron chi connectivity index (χ2n) is 8.34. The summed E-state index contributed by atoms with van der Waals surface area (Å²) in [5.74, 6) is -1.00. The molecule has 0 atom stereocenters. The lowest BCUT2D eigenvalue weighted by Gasteiger charge is -2.19. The summed E-state index contributed by atoms with van der Waals surface area (Å²) in [6, 6.07) is 12.6. The zero-order valence-corrected chi connectivity index (χ0v) is 18.2. The number of rotatable bonds is 6. The smallest absolute Gasteiger partial charge is 0.356 e. The van der Waals surface area contributed by atoms with Gasteiger partial charge in [0.2, 0.25) is 0 Å². The Balaban J connectivity index is 0.000000211. The van der Waals surface area contributed by atoms with E-state index in [4.69, 9.17) is 5.11 Å². The number of aromatic nitrogens is 2. The summed E-state index contributed by atoms with van der Waals surface area (Å²) >= 11 is 0. The van der Waals surface area contributed by atoms with Crippen LogP contribution in [0.3, 0.4) is 0 Å². The maximum atomic E-state index is 10.8. The number of hydrogen-bond acceptors (Lipinski definition) is 3. The Morgan fingerprint density at radius 2 is 1.86 bits per heavy atom. The Labute approximate surface area is 173 Å². The summed E-state index contributed by atoms with van der Waals surface area (Å²) in [7, 11) is 0. The Morgan fingerprint density at radius 1 is 1.17 bits per heavy atom. The molecule has 156 valence electrons. The standard InChI is InChI=1S/C15H25N.C9H8N2O2/c1-5-6-11-16-12-13-7-9-14(10-8-13)15(2,3)4;1-5-4-6-2-3-10-7(6)8(11-5)9(12)13/h7-10,16H,5-6,11-12H2,1-4H3;2-4,10H,1H3,(H,12,13). The van der Waals surface area contributed by atoms with Crippen molar-refractivity contribution in [3.05, 3.63) is 65.1 Å². The number of benzene rings is 1. The number of nitrogens with one attached hydrogen (secondary N) is 2. The molecule has 0 amide bonds. The average Bonchev–Trinajstić information content (AvgIpc) is 3.13. The van der Waals surface area contributed by atoms with Crippen LogP contribution < -0.4 is 5.32 Å². The topological polar surface area (TPSA) is 78.0 Å². The molecule has 0 aliphatic heterocycles. The minimum Gasteiger partial charge on any atom is -0.476 e. The fraction of sp³-hybridized carbons (Fsp3) is 0.417. The first-order chi connectivity index (χ1) is 13.7. The van der Waals surface area contributed by atoms with E-state index in [0.717, 1.165) is 18.5 Å². The van der Waals surface area contributed by atoms with Crippen LogP contribution in [0.4, 0.5) is 0 Å². The lowest BCUT2D eigenvalue weighted by Crippen LogP contribution is -2.15. The van der Waals surface area contributed by atoms with Gasteiger partial charge in [-0.15, -0.1) is 0 Å². The fourth-order valence-corrected chi connectivity index (χ4v) is 3.01. The van der Waals surface area contributed by atoms with Crippen molar-refractivity contribution < 1.29 is 9.90 Å². The molecule has 3 aromatic rings. The van der Waals surface area contributed by atoms with E-state index in [0.29, 0.717) is 11.2 Å². The Bertz CT molecular complexity index is 921. The van der Waals surface area contributed by atoms with Gasteiger partial charge >= 0.3 is 5.97 Å². The van der Waals surface area contributed by atoms with E-state index in [1.165, 1.54) is 24.0 Å². The van der Waals surface area contributed by atoms with Crippen molar-refractivity contribution in [2.75, 3.05) is 6.54 Å². The van der Waals surface area contributed by atoms with E-state index in [2.05, 4.69) is 67.2 Å². The number of aromatic amines is 1. The third-order valence-corrected chi connectivity index (χ3v) is 4.73. The van der Waals surface area contributed by atoms with Gasteiger partial charge in [-0.25, -0.2) is 9.78 Å². The highest BCUT2D eigenvalue weighted by Crippen LogP contribution is 2.22. The highest BCUT2D eigenvalue weighted by molar-refractivity contribution is 6.00. The predicted molar refractivity (Wildman–Crippen MR) is 120 cm³/mol. The number of carbonyl (C=O) groups is 1. The van der Waals surface area contributed by atoms with Gasteiger partial charge in [-0.2, -0.15) is 0 Å². The van der Waals surface area contributed by atoms with Crippen molar-refractivity contribution in [1.29, 1.82) is 0 Å². The van der Waals surface area contributed by atoms with Crippen molar-refractivity contribution in [2.24, 2.45) is 0 Å². The van der Waals surface area contributed by atoms with Crippen LogP contribution in [0.25, 0.3) is 10.9 Å². The largest absolute Gasteiger partial charge is 0.476 e. The number of pyridine rings is 1. The highest BCUT2D eigenvalue weighted by atomic mass is 16.4. The second kappa shape index (κ2) is 10.2. The summed E-state index contributed by atoms with van der Waals surface area (Å²) in [6.07, 6.45) is 4.23. The molecule has 3 N–H and O–H groups in total. The lowest BCUT2D eigenvalue weighted by molar-refractivity contribution is 0.0692. The maximum Gasteiger partial charge on any atom is 0.356 e. The van der Waals surface area contributed by atoms with Gasteiger partial charge in [-0.3, -0.25) is 0 Å². The van der Waals surface area contributed by atoms with Gasteiger partial charge < -0.3 is 15.4 Å². The lowest BCUT2D eigenvalue weighted by atomic mass is 9.87. The molecule has 3 rings (SSSR count). The van der Waals surface area contributed by atoms with Crippen molar-refractivity contribution in [3.8, 4) is 0 Å². The summed E-state index contributed by atoms with van der Waals surface area (Å²) in [5.41, 5.74) is 4.42. The first-order valence-electron chi connectivity index (χ1n) is 10.2. The van der Waals surface area contributed by atoms with Crippen LogP contribution in [-0.2, 0) is 12.0 Å². The normalized spacial score (nSPS) is 11.2. The SMILES string of the molecule is CCCCNCc1ccc(C(C)(C)C)cc1.Cc1cc2cc[nH]c2c(C(=O)O)n1. The molecule has 1 aromatic carbocycles. The second-order valence-corrected chi connectivity index (χ2v) is 8.34. The van der Waals surface area contributed by atoms with Crippen LogP contribution >= 0.6 is 0 Å². The average molecular weight is 396 g/mol. The maximum absolute atomic E-state index is 10.8. The third-order valence-electron chi connectivity index (χ3n) is 4.73. The van der Waals surface area contributed by atoms with Crippen molar-refractivity contribution in [2.45, 2.75) is 59.4 Å².